The minimum atomic E-state index is -0.767. The van der Waals surface area contributed by atoms with E-state index >= 15 is 0 Å². The largest absolute Gasteiger partial charge is 0.481 e. The van der Waals surface area contributed by atoms with Crippen molar-refractivity contribution < 1.29 is 32.5 Å². The number of amides is 1. The first kappa shape index (κ1) is 32.2. The molecule has 4 rings (SSSR count). The van der Waals surface area contributed by atoms with Crippen molar-refractivity contribution >= 4 is 24.3 Å². The van der Waals surface area contributed by atoms with Gasteiger partial charge in [-0.1, -0.05) is 37.2 Å². The van der Waals surface area contributed by atoms with Gasteiger partial charge in [0.05, 0.1) is 18.2 Å². The van der Waals surface area contributed by atoms with Crippen LogP contribution in [0, 0.1) is 5.82 Å². The van der Waals surface area contributed by atoms with Gasteiger partial charge < -0.3 is 29.6 Å². The van der Waals surface area contributed by atoms with E-state index in [0.29, 0.717) is 42.3 Å². The molecule has 4 aromatic rings. The number of carbonyl (C=O) groups excluding carboxylic acids is 2. The number of halogens is 2. The van der Waals surface area contributed by atoms with Crippen LogP contribution in [0.2, 0.25) is 0 Å². The molecule has 42 heavy (non-hydrogen) atoms. The van der Waals surface area contributed by atoms with Crippen molar-refractivity contribution in [3.05, 3.63) is 65.6 Å². The summed E-state index contributed by atoms with van der Waals surface area (Å²) >= 11 is 0. The Morgan fingerprint density at radius 1 is 0.976 bits per heavy atom. The number of rotatable bonds is 13. The first-order chi connectivity index (χ1) is 19.8. The van der Waals surface area contributed by atoms with Gasteiger partial charge in [0.2, 0.25) is 17.5 Å². The van der Waals surface area contributed by atoms with Crippen LogP contribution in [0.3, 0.4) is 0 Å². The summed E-state index contributed by atoms with van der Waals surface area (Å²) in [5.41, 5.74) is 6.15. The number of hydrogen-bond donors (Lipinski definition) is 2. The molecule has 0 spiro atoms. The van der Waals surface area contributed by atoms with Gasteiger partial charge in [-0.05, 0) is 49.2 Å². The average molecular weight is 603 g/mol. The first-order valence-corrected chi connectivity index (χ1v) is 13.2. The van der Waals surface area contributed by atoms with Crippen LogP contribution in [0.1, 0.15) is 61.9 Å². The van der Waals surface area contributed by atoms with E-state index < -0.39 is 29.8 Å². The Kier molecular flexibility index (Phi) is 11.5. The minimum absolute atomic E-state index is 0. The number of ether oxygens (including phenoxy) is 2. The van der Waals surface area contributed by atoms with Crippen LogP contribution < -0.4 is 15.8 Å². The van der Waals surface area contributed by atoms with Gasteiger partial charge in [-0.3, -0.25) is 9.59 Å². The second-order valence-corrected chi connectivity index (χ2v) is 9.02. The molecule has 1 unspecified atom stereocenters. The third-order valence-corrected chi connectivity index (χ3v) is 6.16. The SMILES string of the molecule is CCc1nc(-c2ccc(OC(CC)c3nc(-c4ccc(C(=O)N[C@@H](CC)COC(=O)CN)c(F)c4)no3)cc2)no1.Cl. The Labute approximate surface area is 247 Å². The smallest absolute Gasteiger partial charge is 0.319 e. The van der Waals surface area contributed by atoms with Crippen molar-refractivity contribution in [1.82, 2.24) is 25.6 Å². The topological polar surface area (TPSA) is 168 Å². The predicted octanol–water partition coefficient (Wildman–Crippen LogP) is 4.45. The van der Waals surface area contributed by atoms with Crippen LogP contribution in [0.25, 0.3) is 22.8 Å². The fourth-order valence-corrected chi connectivity index (χ4v) is 3.77. The molecule has 2 atom stereocenters. The number of nitrogens with zero attached hydrogens (tertiary/aromatic N) is 4. The Bertz CT molecular complexity index is 1480. The molecular weight excluding hydrogens is 571 g/mol. The number of carbonyl (C=O) groups is 2. The molecule has 2 aromatic heterocycles. The van der Waals surface area contributed by atoms with E-state index in [-0.39, 0.29) is 42.8 Å². The molecular formula is C28H32ClFN6O6. The standard InChI is InChI=1S/C28H31FN6O6.ClH/c1-4-18(15-38-24(36)14-30)31-27(37)20-12-9-17(13-21(20)29)26-33-28(41-35-26)22(5-2)39-19-10-7-16(8-11-19)25-32-23(6-3)40-34-25;/h7-13,18,22H,4-6,14-15,30H2,1-3H3,(H,31,37);1H/t18-,22?;/m0./s1. The van der Waals surface area contributed by atoms with E-state index in [4.69, 9.17) is 24.3 Å². The lowest BCUT2D eigenvalue weighted by Gasteiger charge is -2.17. The minimum Gasteiger partial charge on any atom is -0.481 e. The van der Waals surface area contributed by atoms with E-state index in [2.05, 4.69) is 25.6 Å². The maximum atomic E-state index is 14.9. The van der Waals surface area contributed by atoms with Gasteiger partial charge in [0, 0.05) is 17.5 Å². The second-order valence-electron chi connectivity index (χ2n) is 9.02. The summed E-state index contributed by atoms with van der Waals surface area (Å²) in [4.78, 5) is 32.6. The highest BCUT2D eigenvalue weighted by Crippen LogP contribution is 2.28. The van der Waals surface area contributed by atoms with Gasteiger partial charge in [0.1, 0.15) is 18.2 Å². The number of esters is 1. The van der Waals surface area contributed by atoms with Crippen LogP contribution in [0.5, 0.6) is 5.75 Å². The first-order valence-electron chi connectivity index (χ1n) is 13.2. The van der Waals surface area contributed by atoms with Crippen LogP contribution in [0.15, 0.2) is 51.5 Å². The normalized spacial score (nSPS) is 12.2. The van der Waals surface area contributed by atoms with Crippen molar-refractivity contribution in [1.29, 1.82) is 0 Å². The third-order valence-electron chi connectivity index (χ3n) is 6.16. The van der Waals surface area contributed by atoms with Gasteiger partial charge in [0.15, 0.2) is 6.10 Å². The predicted molar refractivity (Wildman–Crippen MR) is 151 cm³/mol. The zero-order valence-corrected chi connectivity index (χ0v) is 24.2. The number of hydrogen-bond acceptors (Lipinski definition) is 11. The van der Waals surface area contributed by atoms with Crippen LogP contribution in [-0.4, -0.2) is 51.4 Å². The zero-order valence-electron chi connectivity index (χ0n) is 23.3. The van der Waals surface area contributed by atoms with Crippen molar-refractivity contribution in [2.45, 2.75) is 52.2 Å². The molecule has 2 heterocycles. The van der Waals surface area contributed by atoms with Gasteiger partial charge in [-0.25, -0.2) is 4.39 Å². The van der Waals surface area contributed by atoms with Crippen molar-refractivity contribution in [3.63, 3.8) is 0 Å². The molecule has 224 valence electrons. The summed E-state index contributed by atoms with van der Waals surface area (Å²) < 4.78 is 36.5. The highest BCUT2D eigenvalue weighted by molar-refractivity contribution is 5.95. The van der Waals surface area contributed by atoms with Gasteiger partial charge in [-0.2, -0.15) is 9.97 Å². The molecule has 0 saturated carbocycles. The average Bonchev–Trinajstić information content (AvgIpc) is 3.68. The Morgan fingerprint density at radius 2 is 1.67 bits per heavy atom. The monoisotopic (exact) mass is 602 g/mol. The van der Waals surface area contributed by atoms with E-state index in [1.165, 1.54) is 12.1 Å². The molecule has 0 radical (unpaired) electrons. The second kappa shape index (κ2) is 15.0. The molecule has 12 nitrogen and oxygen atoms in total. The summed E-state index contributed by atoms with van der Waals surface area (Å²) in [6.07, 6.45) is 1.10. The summed E-state index contributed by atoms with van der Waals surface area (Å²) in [5.74, 6) is -0.00775. The summed E-state index contributed by atoms with van der Waals surface area (Å²) in [6, 6.07) is 10.7. The molecule has 0 aliphatic rings. The quantitative estimate of drug-likeness (QED) is 0.207. The Morgan fingerprint density at radius 3 is 2.29 bits per heavy atom. The van der Waals surface area contributed by atoms with Crippen LogP contribution >= 0.6 is 12.4 Å². The van der Waals surface area contributed by atoms with Crippen LogP contribution in [0.4, 0.5) is 4.39 Å². The number of nitrogens with one attached hydrogen (secondary N) is 1. The summed E-state index contributed by atoms with van der Waals surface area (Å²) in [5, 5.41) is 10.6. The molecule has 1 amide bonds. The molecule has 0 aliphatic carbocycles. The van der Waals surface area contributed by atoms with E-state index in [0.717, 1.165) is 11.6 Å². The highest BCUT2D eigenvalue weighted by Gasteiger charge is 2.22. The number of nitrogens with two attached hydrogens (primary N) is 1. The lowest BCUT2D eigenvalue weighted by molar-refractivity contribution is -0.142. The van der Waals surface area contributed by atoms with Crippen molar-refractivity contribution in [2.24, 2.45) is 5.73 Å². The highest BCUT2D eigenvalue weighted by atomic mass is 35.5. The Hall–Kier alpha value is -4.36. The Balaban J connectivity index is 0.00000484. The maximum absolute atomic E-state index is 14.9. The van der Waals surface area contributed by atoms with E-state index in [1.807, 2.05) is 26.0 Å². The number of benzene rings is 2. The van der Waals surface area contributed by atoms with Gasteiger partial charge >= 0.3 is 5.97 Å². The number of aryl methyl sites for hydroxylation is 1. The van der Waals surface area contributed by atoms with Gasteiger partial charge in [-0.15, -0.1) is 12.4 Å². The molecule has 0 bridgehead atoms. The van der Waals surface area contributed by atoms with E-state index in [9.17, 15) is 14.0 Å². The van der Waals surface area contributed by atoms with Gasteiger partial charge in [0.25, 0.3) is 11.8 Å². The van der Waals surface area contributed by atoms with Crippen molar-refractivity contribution in [3.8, 4) is 28.5 Å². The fourth-order valence-electron chi connectivity index (χ4n) is 3.77. The fraction of sp³-hybridized carbons (Fsp3) is 0.357. The lowest BCUT2D eigenvalue weighted by Crippen LogP contribution is -2.39. The molecule has 0 saturated heterocycles. The third kappa shape index (κ3) is 7.89. The molecule has 14 heteroatoms. The zero-order chi connectivity index (χ0) is 29.4. The van der Waals surface area contributed by atoms with Crippen molar-refractivity contribution in [2.75, 3.05) is 13.2 Å². The van der Waals surface area contributed by atoms with E-state index in [1.54, 1.807) is 19.1 Å². The summed E-state index contributed by atoms with van der Waals surface area (Å²) in [6.45, 7) is 5.31. The van der Waals surface area contributed by atoms with Crippen LogP contribution in [-0.2, 0) is 16.0 Å². The lowest BCUT2D eigenvalue weighted by atomic mass is 10.1. The maximum Gasteiger partial charge on any atom is 0.319 e. The molecule has 3 N–H and O–H groups in total. The molecule has 2 aromatic carbocycles. The number of aromatic nitrogens is 4. The molecule has 0 fully saturated rings. The summed E-state index contributed by atoms with van der Waals surface area (Å²) in [7, 11) is 0. The molecule has 0 aliphatic heterocycles.